The molecule has 2 aromatic rings. The number of carbonyl (C=O) groups excluding carboxylic acids is 4. The summed E-state index contributed by atoms with van der Waals surface area (Å²) in [5.74, 6) is -1.35. The summed E-state index contributed by atoms with van der Waals surface area (Å²) in [6.45, 7) is 2.27. The molecule has 2 heterocycles. The second-order valence-electron chi connectivity index (χ2n) is 6.74. The molecule has 0 aliphatic carbocycles. The fraction of sp³-hybridized carbons (Fsp3) is 0.350. The third kappa shape index (κ3) is 5.86. The third-order valence-electron chi connectivity index (χ3n) is 4.38. The number of hydrogen-bond acceptors (Lipinski definition) is 7. The molecule has 0 radical (unpaired) electrons. The molecule has 3 rings (SSSR count). The van der Waals surface area contributed by atoms with Crippen LogP contribution in [0.2, 0.25) is 0 Å². The van der Waals surface area contributed by atoms with Crippen LogP contribution in [0.4, 0.5) is 9.93 Å². The number of rotatable bonds is 7. The molecule has 1 fully saturated rings. The summed E-state index contributed by atoms with van der Waals surface area (Å²) in [6, 6.07) is 8.56. The molecular weight excluding hydrogens is 408 g/mol. The summed E-state index contributed by atoms with van der Waals surface area (Å²) >= 11 is 1.28. The van der Waals surface area contributed by atoms with E-state index >= 15 is 0 Å². The van der Waals surface area contributed by atoms with E-state index in [-0.39, 0.29) is 18.9 Å². The van der Waals surface area contributed by atoms with Crippen molar-refractivity contribution in [3.8, 4) is 0 Å². The smallest absolute Gasteiger partial charge is 0.321 e. The number of aromatic nitrogens is 1. The Morgan fingerprint density at radius 1 is 1.27 bits per heavy atom. The minimum absolute atomic E-state index is 0.0225. The van der Waals surface area contributed by atoms with Gasteiger partial charge in [-0.05, 0) is 18.9 Å². The van der Waals surface area contributed by atoms with Gasteiger partial charge in [0.15, 0.2) is 11.2 Å². The summed E-state index contributed by atoms with van der Waals surface area (Å²) in [6.07, 6.45) is 0.0263. The number of ether oxygens (including phenoxy) is 1. The Morgan fingerprint density at radius 3 is 2.73 bits per heavy atom. The van der Waals surface area contributed by atoms with Crippen LogP contribution in [-0.2, 0) is 32.1 Å². The molecule has 30 heavy (non-hydrogen) atoms. The van der Waals surface area contributed by atoms with E-state index in [0.717, 1.165) is 12.0 Å². The van der Waals surface area contributed by atoms with Crippen molar-refractivity contribution in [1.82, 2.24) is 15.6 Å². The Kier molecular flexibility index (Phi) is 7.12. The number of hydrogen-bond donors (Lipinski definition) is 2. The van der Waals surface area contributed by atoms with Crippen molar-refractivity contribution in [2.24, 2.45) is 0 Å². The molecular formula is C20H22N4O5S. The van der Waals surface area contributed by atoms with Gasteiger partial charge in [-0.2, -0.15) is 0 Å². The summed E-state index contributed by atoms with van der Waals surface area (Å²) in [4.78, 5) is 53.7. The van der Waals surface area contributed by atoms with Crippen molar-refractivity contribution in [2.75, 3.05) is 11.4 Å². The molecule has 9 nitrogen and oxygen atoms in total. The van der Waals surface area contributed by atoms with Gasteiger partial charge in [-0.15, -0.1) is 11.3 Å². The number of anilines is 1. The largest absolute Gasteiger partial charge is 0.452 e. The molecule has 158 valence electrons. The van der Waals surface area contributed by atoms with Crippen LogP contribution in [0.25, 0.3) is 0 Å². The molecule has 0 spiro atoms. The summed E-state index contributed by atoms with van der Waals surface area (Å²) < 4.78 is 5.09. The molecule has 1 saturated heterocycles. The number of benzene rings is 1. The zero-order valence-electron chi connectivity index (χ0n) is 16.4. The average Bonchev–Trinajstić information content (AvgIpc) is 3.35. The van der Waals surface area contributed by atoms with Crippen LogP contribution in [0.3, 0.4) is 0 Å². The van der Waals surface area contributed by atoms with Crippen LogP contribution in [0.1, 0.15) is 31.0 Å². The number of nitrogens with zero attached hydrogens (tertiary/aromatic N) is 2. The highest BCUT2D eigenvalue weighted by Crippen LogP contribution is 2.25. The minimum atomic E-state index is -1.14. The van der Waals surface area contributed by atoms with Gasteiger partial charge in [0.25, 0.3) is 5.91 Å². The molecule has 10 heteroatoms. The molecule has 1 aliphatic heterocycles. The SMILES string of the molecule is CC(OC(=O)Cc1csc(N2CCCC2=O)n1)C(=O)NC(=O)NCc1ccccc1. The zero-order chi connectivity index (χ0) is 21.5. The molecule has 1 atom stereocenters. The van der Waals surface area contributed by atoms with Crippen molar-refractivity contribution in [1.29, 1.82) is 0 Å². The number of urea groups is 1. The third-order valence-corrected chi connectivity index (χ3v) is 5.29. The van der Waals surface area contributed by atoms with E-state index < -0.39 is 24.0 Å². The van der Waals surface area contributed by atoms with E-state index in [4.69, 9.17) is 4.74 Å². The molecule has 4 amide bonds. The van der Waals surface area contributed by atoms with E-state index in [1.165, 1.54) is 18.3 Å². The Hall–Kier alpha value is -3.27. The van der Waals surface area contributed by atoms with Crippen molar-refractivity contribution in [2.45, 2.75) is 38.8 Å². The van der Waals surface area contributed by atoms with Gasteiger partial charge < -0.3 is 10.1 Å². The maximum absolute atomic E-state index is 12.1. The maximum Gasteiger partial charge on any atom is 0.321 e. The van der Waals surface area contributed by atoms with E-state index in [9.17, 15) is 19.2 Å². The van der Waals surface area contributed by atoms with E-state index in [2.05, 4.69) is 15.6 Å². The monoisotopic (exact) mass is 430 g/mol. The lowest BCUT2D eigenvalue weighted by Crippen LogP contribution is -2.44. The number of amides is 4. The topological polar surface area (TPSA) is 118 Å². The minimum Gasteiger partial charge on any atom is -0.452 e. The van der Waals surface area contributed by atoms with Crippen LogP contribution in [0.5, 0.6) is 0 Å². The van der Waals surface area contributed by atoms with Gasteiger partial charge in [-0.25, -0.2) is 9.78 Å². The van der Waals surface area contributed by atoms with Gasteiger partial charge in [0.2, 0.25) is 5.91 Å². The molecule has 0 bridgehead atoms. The highest BCUT2D eigenvalue weighted by molar-refractivity contribution is 7.14. The Morgan fingerprint density at radius 2 is 2.03 bits per heavy atom. The number of esters is 1. The second-order valence-corrected chi connectivity index (χ2v) is 7.57. The fourth-order valence-electron chi connectivity index (χ4n) is 2.83. The lowest BCUT2D eigenvalue weighted by molar-refractivity contribution is -0.153. The molecule has 1 aliphatic rings. The highest BCUT2D eigenvalue weighted by Gasteiger charge is 2.25. The van der Waals surface area contributed by atoms with Crippen molar-refractivity contribution in [3.05, 3.63) is 47.0 Å². The Labute approximate surface area is 177 Å². The van der Waals surface area contributed by atoms with Crippen LogP contribution in [0, 0.1) is 0 Å². The first-order valence-corrected chi connectivity index (χ1v) is 10.4. The molecule has 1 aromatic carbocycles. The summed E-state index contributed by atoms with van der Waals surface area (Å²) in [5.41, 5.74) is 1.35. The van der Waals surface area contributed by atoms with Gasteiger partial charge in [0.1, 0.15) is 0 Å². The van der Waals surface area contributed by atoms with Crippen molar-refractivity contribution >= 4 is 40.3 Å². The Balaban J connectivity index is 1.42. The summed E-state index contributed by atoms with van der Waals surface area (Å²) in [7, 11) is 0. The van der Waals surface area contributed by atoms with E-state index in [1.54, 1.807) is 10.3 Å². The number of carbonyl (C=O) groups is 4. The van der Waals surface area contributed by atoms with Crippen molar-refractivity contribution < 1.29 is 23.9 Å². The van der Waals surface area contributed by atoms with Crippen LogP contribution in [0.15, 0.2) is 35.7 Å². The zero-order valence-corrected chi connectivity index (χ0v) is 17.2. The first-order chi connectivity index (χ1) is 14.4. The van der Waals surface area contributed by atoms with Gasteiger partial charge in [-0.3, -0.25) is 24.6 Å². The predicted molar refractivity (Wildman–Crippen MR) is 110 cm³/mol. The molecule has 1 aromatic heterocycles. The van der Waals surface area contributed by atoms with Crippen LogP contribution in [-0.4, -0.2) is 41.4 Å². The first-order valence-electron chi connectivity index (χ1n) is 9.49. The average molecular weight is 430 g/mol. The second kappa shape index (κ2) is 9.97. The highest BCUT2D eigenvalue weighted by atomic mass is 32.1. The van der Waals surface area contributed by atoms with E-state index in [1.807, 2.05) is 30.3 Å². The standard InChI is InChI=1S/C20H22N4O5S/c1-13(18(27)23-19(28)21-11-14-6-3-2-4-7-14)29-17(26)10-15-12-30-20(22-15)24-9-5-8-16(24)25/h2-4,6-7,12-13H,5,8-11H2,1H3,(H2,21,23,27,28). The van der Waals surface area contributed by atoms with Gasteiger partial charge in [0.05, 0.1) is 12.1 Å². The lowest BCUT2D eigenvalue weighted by Gasteiger charge is -2.13. The van der Waals surface area contributed by atoms with Gasteiger partial charge in [-0.1, -0.05) is 30.3 Å². The van der Waals surface area contributed by atoms with Gasteiger partial charge in [0, 0.05) is 24.9 Å². The molecule has 0 saturated carbocycles. The number of imide groups is 1. The molecule has 1 unspecified atom stereocenters. The van der Waals surface area contributed by atoms with Gasteiger partial charge >= 0.3 is 12.0 Å². The number of nitrogens with one attached hydrogen (secondary N) is 2. The normalized spacial score (nSPS) is 14.3. The van der Waals surface area contributed by atoms with Crippen LogP contribution >= 0.6 is 11.3 Å². The molecule has 2 N–H and O–H groups in total. The van der Waals surface area contributed by atoms with Crippen molar-refractivity contribution in [3.63, 3.8) is 0 Å². The Bertz CT molecular complexity index is 930. The van der Waals surface area contributed by atoms with Crippen LogP contribution < -0.4 is 15.5 Å². The number of thiazole rings is 1. The van der Waals surface area contributed by atoms with E-state index in [0.29, 0.717) is 23.8 Å². The predicted octanol–water partition coefficient (Wildman–Crippen LogP) is 1.77. The summed E-state index contributed by atoms with van der Waals surface area (Å²) in [5, 5.41) is 6.94. The lowest BCUT2D eigenvalue weighted by atomic mass is 10.2. The first kappa shape index (κ1) is 21.4. The maximum atomic E-state index is 12.1. The fourth-order valence-corrected chi connectivity index (χ4v) is 3.70. The quantitative estimate of drug-likeness (QED) is 0.647.